The van der Waals surface area contributed by atoms with Crippen molar-refractivity contribution in [3.8, 4) is 28.1 Å². The van der Waals surface area contributed by atoms with E-state index in [1.165, 1.54) is 27.3 Å². The number of rotatable bonds is 1. The van der Waals surface area contributed by atoms with Crippen LogP contribution in [0, 0.1) is 0 Å². The summed E-state index contributed by atoms with van der Waals surface area (Å²) >= 11 is 1.63. The van der Waals surface area contributed by atoms with E-state index < -0.39 is 0 Å². The van der Waals surface area contributed by atoms with Crippen molar-refractivity contribution < 1.29 is 10.1 Å². The fourth-order valence-corrected chi connectivity index (χ4v) is 3.64. The van der Waals surface area contributed by atoms with Gasteiger partial charge in [0.05, 0.1) is 4.88 Å². The van der Waals surface area contributed by atoms with E-state index in [0.717, 1.165) is 17.1 Å². The number of aromatic amines is 1. The molecule has 4 N–H and O–H groups in total. The van der Waals surface area contributed by atoms with Crippen LogP contribution in [0.4, 0.5) is 5.13 Å². The fraction of sp³-hybridized carbons (Fsp3) is 0.0625. The summed E-state index contributed by atoms with van der Waals surface area (Å²) in [6.45, 7) is 0. The number of nitrogen functional groups attached to an aromatic ring is 1. The van der Waals surface area contributed by atoms with Gasteiger partial charge in [-0.05, 0) is 34.9 Å². The van der Waals surface area contributed by atoms with Crippen LogP contribution in [0.1, 0.15) is 10.4 Å². The second-order valence-electron chi connectivity index (χ2n) is 4.99. The highest BCUT2D eigenvalue weighted by atomic mass is 32.1. The zero-order valence-electron chi connectivity index (χ0n) is 10.7. The summed E-state index contributed by atoms with van der Waals surface area (Å²) in [6, 6.07) is 13.8. The van der Waals surface area contributed by atoms with Gasteiger partial charge in [0.2, 0.25) is 0 Å². The van der Waals surface area contributed by atoms with E-state index in [1.807, 2.05) is 12.1 Å². The summed E-state index contributed by atoms with van der Waals surface area (Å²) < 4.78 is 0. The minimum atomic E-state index is 0.294. The molecule has 0 fully saturated rings. The highest BCUT2D eigenvalue weighted by Crippen LogP contribution is 2.39. The Balaban J connectivity index is 1.79. The number of benzene rings is 2. The number of phenols is 1. The molecule has 1 aliphatic carbocycles. The van der Waals surface area contributed by atoms with E-state index in [-0.39, 0.29) is 0 Å². The molecule has 0 radical (unpaired) electrons. The quantitative estimate of drug-likeness (QED) is 0.563. The molecule has 0 saturated carbocycles. The van der Waals surface area contributed by atoms with Gasteiger partial charge in [-0.15, -0.1) is 0 Å². The zero-order valence-corrected chi connectivity index (χ0v) is 11.5. The van der Waals surface area contributed by atoms with Crippen LogP contribution in [0.5, 0.6) is 5.75 Å². The Labute approximate surface area is 120 Å². The number of thiazole rings is 1. The first-order valence-corrected chi connectivity index (χ1v) is 7.25. The van der Waals surface area contributed by atoms with Crippen LogP contribution in [-0.2, 0) is 6.42 Å². The van der Waals surface area contributed by atoms with Gasteiger partial charge in [0.25, 0.3) is 0 Å². The SMILES string of the molecule is Nc1[nH+]c2c(s1)Cc1cc(-c3ccc(O)cc3)ccc1-2. The Morgan fingerprint density at radius 2 is 1.80 bits per heavy atom. The molecule has 0 saturated heterocycles. The average molecular weight is 281 g/mol. The van der Waals surface area contributed by atoms with Gasteiger partial charge in [0.15, 0.2) is 0 Å². The largest absolute Gasteiger partial charge is 0.508 e. The lowest BCUT2D eigenvalue weighted by Gasteiger charge is -2.05. The van der Waals surface area contributed by atoms with Gasteiger partial charge >= 0.3 is 5.13 Å². The van der Waals surface area contributed by atoms with Crippen molar-refractivity contribution in [2.75, 3.05) is 5.73 Å². The Hall–Kier alpha value is -2.33. The van der Waals surface area contributed by atoms with Gasteiger partial charge < -0.3 is 5.11 Å². The molecule has 0 bridgehead atoms. The van der Waals surface area contributed by atoms with Crippen LogP contribution in [0.15, 0.2) is 42.5 Å². The summed E-state index contributed by atoms with van der Waals surface area (Å²) in [6.07, 6.45) is 0.939. The number of anilines is 1. The van der Waals surface area contributed by atoms with Crippen molar-refractivity contribution in [3.05, 3.63) is 52.9 Å². The molecule has 1 heterocycles. The first-order chi connectivity index (χ1) is 9.70. The van der Waals surface area contributed by atoms with Crippen molar-refractivity contribution in [2.45, 2.75) is 6.42 Å². The van der Waals surface area contributed by atoms with Gasteiger partial charge in [-0.1, -0.05) is 35.6 Å². The minimum Gasteiger partial charge on any atom is -0.508 e. The lowest BCUT2D eigenvalue weighted by Crippen LogP contribution is -2.06. The Morgan fingerprint density at radius 1 is 1.05 bits per heavy atom. The monoisotopic (exact) mass is 281 g/mol. The summed E-state index contributed by atoms with van der Waals surface area (Å²) in [7, 11) is 0. The first-order valence-electron chi connectivity index (χ1n) is 6.44. The topological polar surface area (TPSA) is 60.4 Å². The molecule has 0 unspecified atom stereocenters. The van der Waals surface area contributed by atoms with E-state index in [9.17, 15) is 5.11 Å². The third-order valence-corrected chi connectivity index (χ3v) is 4.60. The maximum Gasteiger partial charge on any atom is 0.330 e. The highest BCUT2D eigenvalue weighted by molar-refractivity contribution is 7.15. The van der Waals surface area contributed by atoms with Crippen LogP contribution in [-0.4, -0.2) is 5.11 Å². The molecule has 0 atom stereocenters. The molecule has 98 valence electrons. The number of nitrogens with one attached hydrogen (secondary N) is 1. The molecule has 3 aromatic rings. The summed E-state index contributed by atoms with van der Waals surface area (Å²) in [4.78, 5) is 4.55. The third-order valence-electron chi connectivity index (χ3n) is 3.69. The molecule has 2 aromatic carbocycles. The van der Waals surface area contributed by atoms with Crippen LogP contribution in [0.3, 0.4) is 0 Å². The number of H-pyrrole nitrogens is 1. The summed E-state index contributed by atoms with van der Waals surface area (Å²) in [5, 5.41) is 10.1. The lowest BCUT2D eigenvalue weighted by molar-refractivity contribution is -0.340. The van der Waals surface area contributed by atoms with Crippen LogP contribution < -0.4 is 10.7 Å². The highest BCUT2D eigenvalue weighted by Gasteiger charge is 2.25. The molecule has 20 heavy (non-hydrogen) atoms. The van der Waals surface area contributed by atoms with E-state index >= 15 is 0 Å². The third kappa shape index (κ3) is 1.69. The van der Waals surface area contributed by atoms with Crippen LogP contribution in [0.25, 0.3) is 22.4 Å². The number of hydrogen-bond acceptors (Lipinski definition) is 3. The second kappa shape index (κ2) is 4.08. The molecule has 1 aromatic heterocycles. The Bertz CT molecular complexity index is 806. The van der Waals surface area contributed by atoms with Gasteiger partial charge in [-0.25, -0.2) is 4.98 Å². The number of aromatic nitrogens is 1. The van der Waals surface area contributed by atoms with Crippen molar-refractivity contribution in [3.63, 3.8) is 0 Å². The molecule has 4 heteroatoms. The fourth-order valence-electron chi connectivity index (χ4n) is 2.73. The standard InChI is InChI=1S/C16H12N2OS/c17-16-18-15-13-6-3-10(7-11(13)8-14(15)20-16)9-1-4-12(19)5-2-9/h1-7,19H,8H2,(H2,17,18)/p+1. The number of nitrogens with two attached hydrogens (primary N) is 1. The smallest absolute Gasteiger partial charge is 0.330 e. The molecular weight excluding hydrogens is 268 g/mol. The second-order valence-corrected chi connectivity index (χ2v) is 6.12. The van der Waals surface area contributed by atoms with E-state index in [2.05, 4.69) is 23.2 Å². The van der Waals surface area contributed by atoms with Crippen LogP contribution in [0.2, 0.25) is 0 Å². The van der Waals surface area contributed by atoms with Gasteiger partial charge in [-0.3, -0.25) is 5.73 Å². The normalized spacial score (nSPS) is 12.2. The van der Waals surface area contributed by atoms with Crippen molar-refractivity contribution in [1.29, 1.82) is 0 Å². The van der Waals surface area contributed by atoms with E-state index in [1.54, 1.807) is 23.5 Å². The maximum absolute atomic E-state index is 9.36. The molecule has 4 rings (SSSR count). The van der Waals surface area contributed by atoms with Gasteiger partial charge in [-0.2, -0.15) is 0 Å². The molecule has 3 nitrogen and oxygen atoms in total. The molecule has 0 spiro atoms. The van der Waals surface area contributed by atoms with Gasteiger partial charge in [0.1, 0.15) is 11.4 Å². The maximum atomic E-state index is 9.36. The Kier molecular flexibility index (Phi) is 2.35. The molecule has 1 aliphatic rings. The van der Waals surface area contributed by atoms with E-state index in [4.69, 9.17) is 5.73 Å². The number of fused-ring (bicyclic) bond motifs is 3. The predicted molar refractivity (Wildman–Crippen MR) is 80.6 cm³/mol. The van der Waals surface area contributed by atoms with Crippen molar-refractivity contribution >= 4 is 16.5 Å². The zero-order chi connectivity index (χ0) is 13.7. The molecular formula is C16H13N2OS+. The van der Waals surface area contributed by atoms with Crippen molar-refractivity contribution in [2.24, 2.45) is 0 Å². The average Bonchev–Trinajstić information content (AvgIpc) is 2.94. The number of phenolic OH excluding ortho intramolecular Hbond substituents is 1. The summed E-state index contributed by atoms with van der Waals surface area (Å²) in [5.41, 5.74) is 11.8. The summed E-state index contributed by atoms with van der Waals surface area (Å²) in [5.74, 6) is 0.294. The van der Waals surface area contributed by atoms with E-state index in [0.29, 0.717) is 5.75 Å². The molecule has 0 aliphatic heterocycles. The molecule has 0 amide bonds. The van der Waals surface area contributed by atoms with Gasteiger partial charge in [0, 0.05) is 12.0 Å². The number of aromatic hydroxyl groups is 1. The van der Waals surface area contributed by atoms with Crippen molar-refractivity contribution in [1.82, 2.24) is 0 Å². The number of hydrogen-bond donors (Lipinski definition) is 2. The minimum absolute atomic E-state index is 0.294. The lowest BCUT2D eigenvalue weighted by atomic mass is 10.00. The first kappa shape index (κ1) is 11.5. The predicted octanol–water partition coefficient (Wildman–Crippen LogP) is 3.09. The Morgan fingerprint density at radius 3 is 2.60 bits per heavy atom. The van der Waals surface area contributed by atoms with Crippen LogP contribution >= 0.6 is 11.3 Å².